The molecule has 0 aliphatic carbocycles. The lowest BCUT2D eigenvalue weighted by atomic mass is 10.3. The smallest absolute Gasteiger partial charge is 0.236 e. The van der Waals surface area contributed by atoms with Crippen molar-refractivity contribution in [2.45, 2.75) is 26.4 Å². The van der Waals surface area contributed by atoms with Gasteiger partial charge in [0.25, 0.3) is 0 Å². The highest BCUT2D eigenvalue weighted by atomic mass is 16.5. The molecular weight excluding hydrogens is 170 g/mol. The highest BCUT2D eigenvalue weighted by Gasteiger charge is 2.07. The average molecular weight is 183 g/mol. The van der Waals surface area contributed by atoms with Gasteiger partial charge in [-0.25, -0.2) is 0 Å². The molecule has 0 radical (unpaired) electrons. The molecule has 72 valence electrons. The molecule has 0 bridgehead atoms. The maximum atomic E-state index is 11.0. The lowest BCUT2D eigenvalue weighted by Crippen LogP contribution is -2.37. The molecule has 0 aliphatic rings. The van der Waals surface area contributed by atoms with E-state index >= 15 is 0 Å². The zero-order valence-corrected chi connectivity index (χ0v) is 7.70. The summed E-state index contributed by atoms with van der Waals surface area (Å²) < 4.78 is 4.82. The first-order valence-corrected chi connectivity index (χ1v) is 4.05. The first-order chi connectivity index (χ1) is 6.09. The number of hydrogen-bond acceptors (Lipinski definition) is 4. The van der Waals surface area contributed by atoms with Gasteiger partial charge in [-0.2, -0.15) is 0 Å². The quantitative estimate of drug-likeness (QED) is 0.688. The van der Waals surface area contributed by atoms with Crippen LogP contribution in [0.15, 0.2) is 10.6 Å². The van der Waals surface area contributed by atoms with Crippen LogP contribution in [0, 0.1) is 6.92 Å². The Balaban J connectivity index is 2.39. The van der Waals surface area contributed by atoms with E-state index in [4.69, 9.17) is 10.3 Å². The van der Waals surface area contributed by atoms with Crippen LogP contribution in [0.2, 0.25) is 0 Å². The van der Waals surface area contributed by atoms with Crippen LogP contribution >= 0.6 is 0 Å². The number of nitrogens with zero attached hydrogens (tertiary/aromatic N) is 1. The summed E-state index contributed by atoms with van der Waals surface area (Å²) in [6.07, 6.45) is 0. The molecule has 0 spiro atoms. The van der Waals surface area contributed by atoms with Gasteiger partial charge < -0.3 is 15.6 Å². The van der Waals surface area contributed by atoms with Crippen LogP contribution in [0.1, 0.15) is 18.4 Å². The molecule has 0 aromatic carbocycles. The number of amides is 1. The van der Waals surface area contributed by atoms with Gasteiger partial charge >= 0.3 is 0 Å². The van der Waals surface area contributed by atoms with E-state index in [9.17, 15) is 4.79 Å². The Bertz CT molecular complexity index is 293. The molecule has 1 aromatic rings. The van der Waals surface area contributed by atoms with Gasteiger partial charge in [-0.05, 0) is 13.8 Å². The predicted octanol–water partition coefficient (Wildman–Crippen LogP) is -0.0536. The van der Waals surface area contributed by atoms with Crippen LogP contribution in [-0.4, -0.2) is 17.1 Å². The van der Waals surface area contributed by atoms with Crippen molar-refractivity contribution in [1.29, 1.82) is 0 Å². The molecule has 1 heterocycles. The summed E-state index contributed by atoms with van der Waals surface area (Å²) >= 11 is 0. The molecule has 1 aromatic heterocycles. The summed E-state index contributed by atoms with van der Waals surface area (Å²) in [5.41, 5.74) is 6.05. The van der Waals surface area contributed by atoms with Crippen LogP contribution in [0.4, 0.5) is 0 Å². The van der Waals surface area contributed by atoms with E-state index in [0.717, 1.165) is 5.76 Å². The van der Waals surface area contributed by atoms with Gasteiger partial charge in [-0.1, -0.05) is 5.16 Å². The van der Waals surface area contributed by atoms with Gasteiger partial charge in [0.15, 0.2) is 0 Å². The van der Waals surface area contributed by atoms with E-state index in [1.807, 2.05) is 0 Å². The van der Waals surface area contributed by atoms with E-state index in [-0.39, 0.29) is 5.91 Å². The minimum Gasteiger partial charge on any atom is -0.361 e. The third-order valence-electron chi connectivity index (χ3n) is 1.53. The summed E-state index contributed by atoms with van der Waals surface area (Å²) in [5, 5.41) is 6.34. The Morgan fingerprint density at radius 2 is 2.54 bits per heavy atom. The second-order valence-electron chi connectivity index (χ2n) is 2.94. The summed E-state index contributed by atoms with van der Waals surface area (Å²) in [5.74, 6) is 0.533. The van der Waals surface area contributed by atoms with Crippen LogP contribution < -0.4 is 11.1 Å². The summed E-state index contributed by atoms with van der Waals surface area (Å²) in [7, 11) is 0. The molecule has 1 atom stereocenters. The zero-order valence-electron chi connectivity index (χ0n) is 7.70. The monoisotopic (exact) mass is 183 g/mol. The van der Waals surface area contributed by atoms with Gasteiger partial charge in [0.2, 0.25) is 5.91 Å². The third kappa shape index (κ3) is 2.87. The fourth-order valence-electron chi connectivity index (χ4n) is 0.840. The van der Waals surface area contributed by atoms with Crippen molar-refractivity contribution in [2.24, 2.45) is 5.73 Å². The predicted molar refractivity (Wildman–Crippen MR) is 46.7 cm³/mol. The second kappa shape index (κ2) is 4.04. The number of carbonyl (C=O) groups is 1. The van der Waals surface area contributed by atoms with E-state index in [1.54, 1.807) is 19.9 Å². The molecule has 0 unspecified atom stereocenters. The SMILES string of the molecule is Cc1cc(CNC(=O)[C@H](C)N)no1. The van der Waals surface area contributed by atoms with Gasteiger partial charge in [0.1, 0.15) is 11.5 Å². The van der Waals surface area contributed by atoms with Crippen molar-refractivity contribution in [3.8, 4) is 0 Å². The van der Waals surface area contributed by atoms with E-state index < -0.39 is 6.04 Å². The normalized spacial score (nSPS) is 12.5. The van der Waals surface area contributed by atoms with Crippen molar-refractivity contribution in [1.82, 2.24) is 10.5 Å². The Kier molecular flexibility index (Phi) is 3.02. The van der Waals surface area contributed by atoms with E-state index in [0.29, 0.717) is 12.2 Å². The van der Waals surface area contributed by atoms with Crippen molar-refractivity contribution in [3.63, 3.8) is 0 Å². The fourth-order valence-corrected chi connectivity index (χ4v) is 0.840. The number of hydrogen-bond donors (Lipinski definition) is 2. The Hall–Kier alpha value is -1.36. The molecule has 13 heavy (non-hydrogen) atoms. The molecule has 0 saturated heterocycles. The largest absolute Gasteiger partial charge is 0.361 e. The molecule has 1 rings (SSSR count). The van der Waals surface area contributed by atoms with Crippen LogP contribution in [0.3, 0.4) is 0 Å². The second-order valence-corrected chi connectivity index (χ2v) is 2.94. The number of aromatic nitrogens is 1. The molecular formula is C8H13N3O2. The number of nitrogens with two attached hydrogens (primary N) is 1. The molecule has 3 N–H and O–H groups in total. The molecule has 0 fully saturated rings. The van der Waals surface area contributed by atoms with Gasteiger partial charge in [0.05, 0.1) is 12.6 Å². The van der Waals surface area contributed by atoms with Crippen molar-refractivity contribution in [3.05, 3.63) is 17.5 Å². The Labute approximate surface area is 76.3 Å². The van der Waals surface area contributed by atoms with Crippen LogP contribution in [0.25, 0.3) is 0 Å². The topological polar surface area (TPSA) is 81.2 Å². The van der Waals surface area contributed by atoms with Crippen LogP contribution in [0.5, 0.6) is 0 Å². The number of carbonyl (C=O) groups excluding carboxylic acids is 1. The number of aryl methyl sites for hydroxylation is 1. The van der Waals surface area contributed by atoms with Gasteiger partial charge in [-0.15, -0.1) is 0 Å². The van der Waals surface area contributed by atoms with Crippen molar-refractivity contribution < 1.29 is 9.32 Å². The van der Waals surface area contributed by atoms with Crippen molar-refractivity contribution >= 4 is 5.91 Å². The molecule has 5 heteroatoms. The minimum atomic E-state index is -0.493. The molecule has 5 nitrogen and oxygen atoms in total. The first kappa shape index (κ1) is 9.73. The van der Waals surface area contributed by atoms with E-state index in [2.05, 4.69) is 10.5 Å². The van der Waals surface area contributed by atoms with Crippen molar-refractivity contribution in [2.75, 3.05) is 0 Å². The highest BCUT2D eigenvalue weighted by molar-refractivity contribution is 5.80. The first-order valence-electron chi connectivity index (χ1n) is 4.05. The van der Waals surface area contributed by atoms with Crippen LogP contribution in [-0.2, 0) is 11.3 Å². The maximum Gasteiger partial charge on any atom is 0.236 e. The number of rotatable bonds is 3. The summed E-state index contributed by atoms with van der Waals surface area (Å²) in [6, 6.07) is 1.27. The zero-order chi connectivity index (χ0) is 9.84. The molecule has 0 saturated carbocycles. The Morgan fingerprint density at radius 1 is 1.85 bits per heavy atom. The summed E-state index contributed by atoms with van der Waals surface area (Å²) in [4.78, 5) is 11.0. The maximum absolute atomic E-state index is 11.0. The molecule has 1 amide bonds. The lowest BCUT2D eigenvalue weighted by molar-refractivity contribution is -0.122. The van der Waals surface area contributed by atoms with E-state index in [1.165, 1.54) is 0 Å². The lowest BCUT2D eigenvalue weighted by Gasteiger charge is -2.04. The van der Waals surface area contributed by atoms with Gasteiger partial charge in [0, 0.05) is 6.07 Å². The summed E-state index contributed by atoms with van der Waals surface area (Å²) in [6.45, 7) is 3.78. The average Bonchev–Trinajstić information content (AvgIpc) is 2.47. The minimum absolute atomic E-state index is 0.194. The third-order valence-corrected chi connectivity index (χ3v) is 1.53. The number of nitrogens with one attached hydrogen (secondary N) is 1. The Morgan fingerprint density at radius 3 is 3.00 bits per heavy atom. The molecule has 0 aliphatic heterocycles. The fraction of sp³-hybridized carbons (Fsp3) is 0.500. The van der Waals surface area contributed by atoms with Gasteiger partial charge in [-0.3, -0.25) is 4.79 Å². The highest BCUT2D eigenvalue weighted by Crippen LogP contribution is 2.00. The standard InChI is InChI=1S/C8H13N3O2/c1-5-3-7(11-13-5)4-10-8(12)6(2)9/h3,6H,4,9H2,1-2H3,(H,10,12)/t6-/m0/s1.